The van der Waals surface area contributed by atoms with Gasteiger partial charge in [-0.25, -0.2) is 8.42 Å². The van der Waals surface area contributed by atoms with Gasteiger partial charge in [0.2, 0.25) is 5.91 Å². The number of sulfonamides is 1. The van der Waals surface area contributed by atoms with Crippen LogP contribution in [-0.2, 0) is 19.6 Å². The molecule has 0 bridgehead atoms. The standard InChI is InChI=1S/C23H26N4O7S/c1-14(2)12-16(25-21(29)19-7-5-11-34-19)22(30)26-10-8-17-20(26)18(28)13-27(17)35(32,33)23(31)15-6-3-4-9-24-15/h3-7,9,11,14,16-17,20H,8,10,12-13H2,1-2H3,(H,25,29). The Morgan fingerprint density at radius 3 is 2.60 bits per heavy atom. The van der Waals surface area contributed by atoms with E-state index < -0.39 is 57.4 Å². The average molecular weight is 503 g/mol. The number of nitrogens with zero attached hydrogens (tertiary/aromatic N) is 3. The molecule has 0 spiro atoms. The first kappa shape index (κ1) is 24.7. The molecular formula is C23H26N4O7S. The first-order valence-electron chi connectivity index (χ1n) is 11.3. The van der Waals surface area contributed by atoms with Crippen LogP contribution < -0.4 is 5.32 Å². The lowest BCUT2D eigenvalue weighted by molar-refractivity contribution is -0.138. The molecule has 35 heavy (non-hydrogen) atoms. The topological polar surface area (TPSA) is 147 Å². The Morgan fingerprint density at radius 2 is 1.97 bits per heavy atom. The number of fused-ring (bicyclic) bond motifs is 1. The van der Waals surface area contributed by atoms with E-state index in [4.69, 9.17) is 4.42 Å². The maximum Gasteiger partial charge on any atom is 0.310 e. The molecule has 2 aromatic rings. The van der Waals surface area contributed by atoms with Gasteiger partial charge >= 0.3 is 5.12 Å². The molecule has 4 heterocycles. The zero-order chi connectivity index (χ0) is 25.3. The second-order valence-corrected chi connectivity index (χ2v) is 10.8. The third-order valence-electron chi connectivity index (χ3n) is 6.13. The van der Waals surface area contributed by atoms with Crippen molar-refractivity contribution in [1.82, 2.24) is 19.5 Å². The molecule has 2 aromatic heterocycles. The number of hydrogen-bond donors (Lipinski definition) is 1. The van der Waals surface area contributed by atoms with Gasteiger partial charge in [0.1, 0.15) is 17.8 Å². The van der Waals surface area contributed by atoms with Crippen molar-refractivity contribution in [3.63, 3.8) is 0 Å². The van der Waals surface area contributed by atoms with Crippen molar-refractivity contribution in [3.05, 3.63) is 54.2 Å². The molecule has 0 radical (unpaired) electrons. The van der Waals surface area contributed by atoms with Crippen molar-refractivity contribution >= 4 is 32.7 Å². The molecule has 4 rings (SSSR count). The number of amides is 2. The molecule has 0 aliphatic carbocycles. The van der Waals surface area contributed by atoms with E-state index >= 15 is 0 Å². The molecule has 2 fully saturated rings. The van der Waals surface area contributed by atoms with E-state index in [0.29, 0.717) is 6.42 Å². The van der Waals surface area contributed by atoms with Gasteiger partial charge in [0, 0.05) is 12.7 Å². The second kappa shape index (κ2) is 9.70. The largest absolute Gasteiger partial charge is 0.459 e. The molecule has 12 heteroatoms. The minimum absolute atomic E-state index is 0.0476. The number of ketones is 1. The molecule has 2 aliphatic rings. The number of pyridine rings is 1. The Bertz CT molecular complexity index is 1230. The highest BCUT2D eigenvalue weighted by molar-refractivity contribution is 8.04. The summed E-state index contributed by atoms with van der Waals surface area (Å²) in [4.78, 5) is 56.7. The molecule has 2 aliphatic heterocycles. The molecule has 2 amide bonds. The van der Waals surface area contributed by atoms with Crippen LogP contribution in [0.5, 0.6) is 0 Å². The zero-order valence-corrected chi connectivity index (χ0v) is 20.1. The van der Waals surface area contributed by atoms with E-state index in [1.54, 1.807) is 12.1 Å². The van der Waals surface area contributed by atoms with Crippen LogP contribution in [0.15, 0.2) is 47.2 Å². The number of furan rings is 1. The number of likely N-dealkylation sites (tertiary alicyclic amines) is 1. The summed E-state index contributed by atoms with van der Waals surface area (Å²) < 4.78 is 32.1. The highest BCUT2D eigenvalue weighted by Gasteiger charge is 2.55. The van der Waals surface area contributed by atoms with Crippen LogP contribution in [-0.4, -0.2) is 76.5 Å². The second-order valence-electron chi connectivity index (χ2n) is 8.98. The quantitative estimate of drug-likeness (QED) is 0.586. The van der Waals surface area contributed by atoms with Gasteiger partial charge in [-0.3, -0.25) is 24.2 Å². The van der Waals surface area contributed by atoms with Gasteiger partial charge < -0.3 is 14.6 Å². The fourth-order valence-corrected chi connectivity index (χ4v) is 6.07. The van der Waals surface area contributed by atoms with Gasteiger partial charge in [-0.1, -0.05) is 19.9 Å². The Morgan fingerprint density at radius 1 is 1.20 bits per heavy atom. The summed E-state index contributed by atoms with van der Waals surface area (Å²) in [5.41, 5.74) is -0.244. The van der Waals surface area contributed by atoms with Crippen molar-refractivity contribution in [2.24, 2.45) is 5.92 Å². The molecule has 3 unspecified atom stereocenters. The van der Waals surface area contributed by atoms with Crippen molar-refractivity contribution in [2.45, 2.75) is 44.8 Å². The van der Waals surface area contributed by atoms with Crippen molar-refractivity contribution in [2.75, 3.05) is 13.1 Å². The molecular weight excluding hydrogens is 476 g/mol. The summed E-state index contributed by atoms with van der Waals surface area (Å²) in [5, 5.41) is 1.48. The summed E-state index contributed by atoms with van der Waals surface area (Å²) in [6.07, 6.45) is 3.16. The first-order valence-corrected chi connectivity index (χ1v) is 12.7. The lowest BCUT2D eigenvalue weighted by Gasteiger charge is -2.28. The van der Waals surface area contributed by atoms with E-state index in [0.717, 1.165) is 4.31 Å². The zero-order valence-electron chi connectivity index (χ0n) is 19.3. The van der Waals surface area contributed by atoms with Crippen molar-refractivity contribution < 1.29 is 32.0 Å². The number of carbonyl (C=O) groups excluding carboxylic acids is 4. The maximum absolute atomic E-state index is 13.5. The third kappa shape index (κ3) is 4.76. The number of aromatic nitrogens is 1. The molecule has 11 nitrogen and oxygen atoms in total. The van der Waals surface area contributed by atoms with Gasteiger partial charge in [-0.2, -0.15) is 4.31 Å². The SMILES string of the molecule is CC(C)CC(NC(=O)c1ccco1)C(=O)N1CCC2C1C(=O)CN2S(=O)(=O)C(=O)c1ccccn1. The van der Waals surface area contributed by atoms with Crippen LogP contribution in [0, 0.1) is 5.92 Å². The van der Waals surface area contributed by atoms with Gasteiger partial charge in [-0.15, -0.1) is 0 Å². The minimum Gasteiger partial charge on any atom is -0.459 e. The molecule has 3 atom stereocenters. The minimum atomic E-state index is -4.52. The average Bonchev–Trinajstić information content (AvgIpc) is 3.57. The predicted octanol–water partition coefficient (Wildman–Crippen LogP) is 0.844. The molecule has 2 saturated heterocycles. The summed E-state index contributed by atoms with van der Waals surface area (Å²) in [6, 6.07) is 4.55. The predicted molar refractivity (Wildman–Crippen MR) is 123 cm³/mol. The molecule has 0 saturated carbocycles. The Balaban J connectivity index is 1.54. The number of hydrogen-bond acceptors (Lipinski definition) is 8. The summed E-state index contributed by atoms with van der Waals surface area (Å²) in [6.45, 7) is 3.40. The van der Waals surface area contributed by atoms with Crippen LogP contribution in [0.4, 0.5) is 0 Å². The van der Waals surface area contributed by atoms with Crippen LogP contribution in [0.1, 0.15) is 47.7 Å². The normalized spacial score (nSPS) is 21.2. The summed E-state index contributed by atoms with van der Waals surface area (Å²) >= 11 is 0. The Hall–Kier alpha value is -3.38. The van der Waals surface area contributed by atoms with Crippen molar-refractivity contribution in [3.8, 4) is 0 Å². The van der Waals surface area contributed by atoms with Crippen LogP contribution >= 0.6 is 0 Å². The number of nitrogens with one attached hydrogen (secondary N) is 1. The van der Waals surface area contributed by atoms with Crippen LogP contribution in [0.3, 0.4) is 0 Å². The van der Waals surface area contributed by atoms with E-state index in [-0.39, 0.29) is 30.3 Å². The highest BCUT2D eigenvalue weighted by Crippen LogP contribution is 2.33. The Labute approximate surface area is 202 Å². The van der Waals surface area contributed by atoms with Crippen molar-refractivity contribution in [1.29, 1.82) is 0 Å². The fraction of sp³-hybridized carbons (Fsp3) is 0.435. The first-order chi connectivity index (χ1) is 16.6. The summed E-state index contributed by atoms with van der Waals surface area (Å²) in [5.74, 6) is -1.42. The number of Topliss-reactive ketones (excluding diaryl/α,β-unsaturated/α-hetero) is 1. The van der Waals surface area contributed by atoms with E-state index in [1.807, 2.05) is 13.8 Å². The Kier molecular flexibility index (Phi) is 6.86. The highest BCUT2D eigenvalue weighted by atomic mass is 32.2. The number of carbonyl (C=O) groups is 4. The van der Waals surface area contributed by atoms with Crippen LogP contribution in [0.25, 0.3) is 0 Å². The van der Waals surface area contributed by atoms with E-state index in [1.165, 1.54) is 35.6 Å². The fourth-order valence-electron chi connectivity index (χ4n) is 4.59. The third-order valence-corrected chi connectivity index (χ3v) is 7.83. The maximum atomic E-state index is 13.5. The van der Waals surface area contributed by atoms with E-state index in [9.17, 15) is 27.6 Å². The summed E-state index contributed by atoms with van der Waals surface area (Å²) in [7, 11) is -4.52. The molecule has 0 aromatic carbocycles. The van der Waals surface area contributed by atoms with E-state index in [2.05, 4.69) is 10.3 Å². The van der Waals surface area contributed by atoms with Gasteiger partial charge in [0.05, 0.1) is 18.8 Å². The van der Waals surface area contributed by atoms with Gasteiger partial charge in [0.25, 0.3) is 15.9 Å². The van der Waals surface area contributed by atoms with Gasteiger partial charge in [-0.05, 0) is 43.0 Å². The monoisotopic (exact) mass is 502 g/mol. The lowest BCUT2D eigenvalue weighted by atomic mass is 10.0. The smallest absolute Gasteiger partial charge is 0.310 e. The molecule has 1 N–H and O–H groups in total. The number of rotatable bonds is 7. The van der Waals surface area contributed by atoms with Gasteiger partial charge in [0.15, 0.2) is 11.5 Å². The molecule has 186 valence electrons. The van der Waals surface area contributed by atoms with Crippen LogP contribution in [0.2, 0.25) is 0 Å². The lowest BCUT2D eigenvalue weighted by Crippen LogP contribution is -2.53.